The smallest absolute Gasteiger partial charge is 0.373 e. The third-order valence-electron chi connectivity index (χ3n) is 1.20. The Kier molecular flexibility index (Phi) is 2.41. The van der Waals surface area contributed by atoms with Crippen molar-refractivity contribution in [3.63, 3.8) is 0 Å². The Labute approximate surface area is 71.9 Å². The highest BCUT2D eigenvalue weighted by Crippen LogP contribution is 2.20. The van der Waals surface area contributed by atoms with Gasteiger partial charge in [-0.25, -0.2) is 0 Å². The van der Waals surface area contributed by atoms with Crippen LogP contribution in [0.25, 0.3) is 0 Å². The quantitative estimate of drug-likeness (QED) is 0.315. The summed E-state index contributed by atoms with van der Waals surface area (Å²) in [7, 11) is 0. The fraction of sp³-hybridized carbons (Fsp3) is 0.143. The molecule has 0 heterocycles. The van der Waals surface area contributed by atoms with Crippen LogP contribution in [0.4, 0.5) is 8.78 Å². The summed E-state index contributed by atoms with van der Waals surface area (Å²) in [5, 5.41) is 9.76. The predicted molar refractivity (Wildman–Crippen MR) is 39.0 cm³/mol. The summed E-state index contributed by atoms with van der Waals surface area (Å²) in [6.07, 6.45) is -4.37. The van der Waals surface area contributed by atoms with Gasteiger partial charge in [-0.05, 0) is 12.1 Å². The number of halogens is 2. The molecule has 1 aromatic rings. The second kappa shape index (κ2) is 3.34. The summed E-state index contributed by atoms with van der Waals surface area (Å²) < 4.78 is 28.5. The Morgan fingerprint density at radius 1 is 1.31 bits per heavy atom. The number of benzene rings is 1. The molecule has 0 radical (unpaired) electrons. The lowest BCUT2D eigenvalue weighted by Crippen LogP contribution is -2.34. The van der Waals surface area contributed by atoms with Crippen molar-refractivity contribution in [2.75, 3.05) is 0 Å². The lowest BCUT2D eigenvalue weighted by atomic mass is 10.3. The van der Waals surface area contributed by atoms with E-state index in [1.807, 2.05) is 0 Å². The summed E-state index contributed by atoms with van der Waals surface area (Å²) >= 11 is 0. The first-order valence-corrected chi connectivity index (χ1v) is 3.29. The topological polar surface area (TPSA) is 52.4 Å². The number of ether oxygens (including phenoxy) is 1. The molecule has 0 aliphatic carbocycles. The second-order valence-electron chi connectivity index (χ2n) is 2.16. The normalized spacial score (nSPS) is 10.9. The van der Waals surface area contributed by atoms with Crippen LogP contribution < -0.4 is 4.74 Å². The highest BCUT2D eigenvalue weighted by atomic mass is 19.3. The van der Waals surface area contributed by atoms with Gasteiger partial charge < -0.3 is 4.74 Å². The molecule has 0 fully saturated rings. The van der Waals surface area contributed by atoms with Gasteiger partial charge in [-0.2, -0.15) is 0 Å². The third kappa shape index (κ3) is 2.36. The molecule has 0 saturated heterocycles. The summed E-state index contributed by atoms with van der Waals surface area (Å²) in [4.78, 5) is 7.96. The Bertz CT molecular complexity index is 302. The zero-order valence-electron chi connectivity index (χ0n) is 6.31. The summed E-state index contributed by atoms with van der Waals surface area (Å²) in [5.41, 5.74) is 0. The van der Waals surface area contributed by atoms with Gasteiger partial charge in [0.25, 0.3) is 0 Å². The highest BCUT2D eigenvalue weighted by Gasteiger charge is 2.48. The number of rotatable bonds is 3. The van der Waals surface area contributed by atoms with Gasteiger partial charge in [0.1, 0.15) is 10.7 Å². The monoisotopic (exact) mass is 189 g/mol. The largest absolute Gasteiger partial charge is 0.698 e. The molecular formula is C7H5F2NO3. The second-order valence-corrected chi connectivity index (χ2v) is 2.16. The van der Waals surface area contributed by atoms with E-state index in [9.17, 15) is 18.9 Å². The van der Waals surface area contributed by atoms with Gasteiger partial charge in [-0.1, -0.05) is 27.0 Å². The molecule has 0 aliphatic rings. The molecule has 0 aliphatic heterocycles. The Hall–Kier alpha value is -1.72. The molecule has 4 nitrogen and oxygen atoms in total. The highest BCUT2D eigenvalue weighted by molar-refractivity contribution is 5.20. The van der Waals surface area contributed by atoms with E-state index in [0.29, 0.717) is 0 Å². The van der Waals surface area contributed by atoms with E-state index in [2.05, 4.69) is 4.74 Å². The van der Waals surface area contributed by atoms with Crippen LogP contribution in [0.15, 0.2) is 30.3 Å². The molecule has 0 N–H and O–H groups in total. The molecule has 0 amide bonds. The first-order chi connectivity index (χ1) is 6.02. The molecule has 6 heteroatoms. The van der Waals surface area contributed by atoms with E-state index in [1.54, 1.807) is 6.07 Å². The first kappa shape index (κ1) is 9.37. The zero-order valence-corrected chi connectivity index (χ0v) is 6.31. The minimum absolute atomic E-state index is 0.246. The maximum atomic E-state index is 12.3. The van der Waals surface area contributed by atoms with Gasteiger partial charge in [0.05, 0.1) is 0 Å². The van der Waals surface area contributed by atoms with Gasteiger partial charge in [0, 0.05) is 0 Å². The van der Waals surface area contributed by atoms with E-state index in [0.717, 1.165) is 0 Å². The van der Waals surface area contributed by atoms with Crippen LogP contribution in [-0.4, -0.2) is 11.2 Å². The molecule has 0 unspecified atom stereocenters. The van der Waals surface area contributed by atoms with Crippen molar-refractivity contribution in [3.8, 4) is 5.75 Å². The van der Waals surface area contributed by atoms with Crippen LogP contribution in [0, 0.1) is 10.1 Å². The van der Waals surface area contributed by atoms with Crippen molar-refractivity contribution in [3.05, 3.63) is 40.4 Å². The van der Waals surface area contributed by atoms with Gasteiger partial charge in [0.2, 0.25) is 0 Å². The SMILES string of the molecule is O=[N+]([O-])C(F)(F)Oc1ccccc1. The maximum absolute atomic E-state index is 12.3. The van der Waals surface area contributed by atoms with Crippen molar-refractivity contribution in [2.45, 2.75) is 6.23 Å². The summed E-state index contributed by atoms with van der Waals surface area (Å²) in [5.74, 6) is -0.246. The average molecular weight is 189 g/mol. The number of nitro groups is 1. The fourth-order valence-electron chi connectivity index (χ4n) is 0.668. The van der Waals surface area contributed by atoms with Crippen LogP contribution in [0.3, 0.4) is 0 Å². The van der Waals surface area contributed by atoms with E-state index in [1.165, 1.54) is 24.3 Å². The van der Waals surface area contributed by atoms with Crippen LogP contribution >= 0.6 is 0 Å². The Balaban J connectivity index is 2.75. The van der Waals surface area contributed by atoms with Crippen LogP contribution in [0.2, 0.25) is 0 Å². The predicted octanol–water partition coefficient (Wildman–Crippen LogP) is 1.89. The molecule has 0 spiro atoms. The van der Waals surface area contributed by atoms with E-state index in [-0.39, 0.29) is 5.75 Å². The van der Waals surface area contributed by atoms with Gasteiger partial charge in [-0.3, -0.25) is 10.1 Å². The van der Waals surface area contributed by atoms with Crippen molar-refractivity contribution >= 4 is 0 Å². The summed E-state index contributed by atoms with van der Waals surface area (Å²) in [6, 6.07) is 6.86. The Morgan fingerprint density at radius 3 is 2.31 bits per heavy atom. The van der Waals surface area contributed by atoms with Gasteiger partial charge >= 0.3 is 6.23 Å². The molecule has 1 rings (SSSR count). The zero-order chi connectivity index (χ0) is 9.90. The summed E-state index contributed by atoms with van der Waals surface area (Å²) in [6.45, 7) is 0. The molecular weight excluding hydrogens is 184 g/mol. The van der Waals surface area contributed by atoms with Crippen LogP contribution in [0.5, 0.6) is 5.75 Å². The van der Waals surface area contributed by atoms with E-state index in [4.69, 9.17) is 0 Å². The van der Waals surface area contributed by atoms with Crippen molar-refractivity contribution in [1.29, 1.82) is 0 Å². The first-order valence-electron chi connectivity index (χ1n) is 3.29. The van der Waals surface area contributed by atoms with E-state index >= 15 is 0 Å². The molecule has 70 valence electrons. The molecule has 13 heavy (non-hydrogen) atoms. The minimum Gasteiger partial charge on any atom is -0.373 e. The third-order valence-corrected chi connectivity index (χ3v) is 1.20. The van der Waals surface area contributed by atoms with Gasteiger partial charge in [0.15, 0.2) is 0 Å². The Morgan fingerprint density at radius 2 is 1.85 bits per heavy atom. The van der Waals surface area contributed by atoms with Crippen molar-refractivity contribution in [1.82, 2.24) is 0 Å². The fourth-order valence-corrected chi connectivity index (χ4v) is 0.668. The van der Waals surface area contributed by atoms with Crippen LogP contribution in [-0.2, 0) is 0 Å². The maximum Gasteiger partial charge on any atom is 0.698 e. The molecule has 1 aromatic carbocycles. The standard InChI is InChI=1S/C7H5F2NO3/c8-7(9,10(11)12)13-6-4-2-1-3-5-6/h1-5H. The number of para-hydroxylation sites is 1. The van der Waals surface area contributed by atoms with E-state index < -0.39 is 11.2 Å². The lowest BCUT2D eigenvalue weighted by molar-refractivity contribution is -0.694. The lowest BCUT2D eigenvalue weighted by Gasteiger charge is -2.07. The number of hydrogen-bond acceptors (Lipinski definition) is 3. The number of alkyl halides is 2. The molecule has 0 aromatic heterocycles. The molecule has 0 saturated carbocycles. The number of nitrogens with zero attached hydrogens (tertiary/aromatic N) is 1. The number of hydrogen-bond donors (Lipinski definition) is 0. The van der Waals surface area contributed by atoms with Crippen molar-refractivity contribution < 1.29 is 18.4 Å². The van der Waals surface area contributed by atoms with Gasteiger partial charge in [-0.15, -0.1) is 0 Å². The van der Waals surface area contributed by atoms with Crippen molar-refractivity contribution in [2.24, 2.45) is 0 Å². The average Bonchev–Trinajstić information content (AvgIpc) is 2.05. The molecule has 0 atom stereocenters. The minimum atomic E-state index is -4.37. The molecule has 0 bridgehead atoms. The van der Waals surface area contributed by atoms with Crippen LogP contribution in [0.1, 0.15) is 0 Å².